The maximum atomic E-state index is 10.9. The van der Waals surface area contributed by atoms with Crippen molar-refractivity contribution in [2.24, 2.45) is 0 Å². The summed E-state index contributed by atoms with van der Waals surface area (Å²) in [5.41, 5.74) is 0. The fourth-order valence-electron chi connectivity index (χ4n) is 2.17. The van der Waals surface area contributed by atoms with Crippen molar-refractivity contribution in [1.82, 2.24) is 9.97 Å². The van der Waals surface area contributed by atoms with Crippen LogP contribution in [0, 0.1) is 0 Å². The van der Waals surface area contributed by atoms with Crippen molar-refractivity contribution >= 4 is 33.5 Å². The van der Waals surface area contributed by atoms with E-state index in [1.165, 1.54) is 0 Å². The standard InChI is InChI=1S/C12H13N3O3S/c16-10(17)5-9-7-18-3-2-15(9)12-13-6-8-1-4-19-11(8)14-12/h1,4,6,9H,2-3,5,7H2,(H,16,17). The van der Waals surface area contributed by atoms with Gasteiger partial charge in [-0.25, -0.2) is 9.97 Å². The van der Waals surface area contributed by atoms with Gasteiger partial charge in [-0.1, -0.05) is 0 Å². The van der Waals surface area contributed by atoms with E-state index in [1.807, 2.05) is 16.3 Å². The molecule has 0 saturated carbocycles. The second-order valence-corrected chi connectivity index (χ2v) is 5.27. The molecule has 1 atom stereocenters. The highest BCUT2D eigenvalue weighted by atomic mass is 32.1. The van der Waals surface area contributed by atoms with Gasteiger partial charge in [0.15, 0.2) is 0 Å². The van der Waals surface area contributed by atoms with Crippen molar-refractivity contribution in [2.75, 3.05) is 24.7 Å². The lowest BCUT2D eigenvalue weighted by molar-refractivity contribution is -0.138. The monoisotopic (exact) mass is 279 g/mol. The highest BCUT2D eigenvalue weighted by molar-refractivity contribution is 7.16. The molecule has 100 valence electrons. The summed E-state index contributed by atoms with van der Waals surface area (Å²) in [7, 11) is 0. The first-order chi connectivity index (χ1) is 9.24. The summed E-state index contributed by atoms with van der Waals surface area (Å²) in [6.07, 6.45) is 1.81. The number of morpholine rings is 1. The Kier molecular flexibility index (Phi) is 3.31. The Labute approximate surface area is 113 Å². The van der Waals surface area contributed by atoms with Crippen molar-refractivity contribution < 1.29 is 14.6 Å². The summed E-state index contributed by atoms with van der Waals surface area (Å²) >= 11 is 1.56. The minimum atomic E-state index is -0.835. The van der Waals surface area contributed by atoms with Crippen LogP contribution >= 0.6 is 11.3 Å². The molecule has 3 rings (SSSR count). The molecule has 1 unspecified atom stereocenters. The third kappa shape index (κ3) is 2.52. The van der Waals surface area contributed by atoms with Gasteiger partial charge >= 0.3 is 5.97 Å². The third-order valence-corrected chi connectivity index (χ3v) is 3.91. The molecule has 1 N–H and O–H groups in total. The molecule has 7 heteroatoms. The number of thiophene rings is 1. The summed E-state index contributed by atoms with van der Waals surface area (Å²) in [4.78, 5) is 22.6. The average Bonchev–Trinajstić information content (AvgIpc) is 2.86. The fourth-order valence-corrected chi connectivity index (χ4v) is 2.91. The van der Waals surface area contributed by atoms with Crippen LogP contribution in [-0.4, -0.2) is 46.8 Å². The van der Waals surface area contributed by atoms with Gasteiger partial charge in [-0.05, 0) is 11.4 Å². The minimum absolute atomic E-state index is 0.0336. The lowest BCUT2D eigenvalue weighted by Gasteiger charge is -2.34. The number of nitrogens with zero attached hydrogens (tertiary/aromatic N) is 3. The highest BCUT2D eigenvalue weighted by Crippen LogP contribution is 2.23. The highest BCUT2D eigenvalue weighted by Gasteiger charge is 2.27. The molecule has 1 saturated heterocycles. The van der Waals surface area contributed by atoms with E-state index in [0.717, 1.165) is 10.2 Å². The van der Waals surface area contributed by atoms with Gasteiger partial charge in [0.25, 0.3) is 0 Å². The van der Waals surface area contributed by atoms with Crippen molar-refractivity contribution in [2.45, 2.75) is 12.5 Å². The molecular formula is C12H13N3O3S. The summed E-state index contributed by atoms with van der Waals surface area (Å²) in [5.74, 6) is -0.248. The van der Waals surface area contributed by atoms with E-state index in [1.54, 1.807) is 17.5 Å². The number of hydrogen-bond acceptors (Lipinski definition) is 6. The topological polar surface area (TPSA) is 75.6 Å². The molecule has 0 aromatic carbocycles. The molecule has 2 aromatic heterocycles. The summed E-state index contributed by atoms with van der Waals surface area (Å²) in [6.45, 7) is 1.59. The average molecular weight is 279 g/mol. The molecule has 0 amide bonds. The molecule has 3 heterocycles. The van der Waals surface area contributed by atoms with Gasteiger partial charge in [-0.2, -0.15) is 0 Å². The summed E-state index contributed by atoms with van der Waals surface area (Å²) in [6, 6.07) is 1.77. The molecule has 6 nitrogen and oxygen atoms in total. The molecule has 0 radical (unpaired) electrons. The van der Waals surface area contributed by atoms with Gasteiger partial charge in [0.1, 0.15) is 4.83 Å². The van der Waals surface area contributed by atoms with Crippen LogP contribution in [0.25, 0.3) is 10.2 Å². The van der Waals surface area contributed by atoms with E-state index >= 15 is 0 Å². The second kappa shape index (κ2) is 5.10. The summed E-state index contributed by atoms with van der Waals surface area (Å²) < 4.78 is 5.35. The zero-order valence-corrected chi connectivity index (χ0v) is 11.0. The van der Waals surface area contributed by atoms with E-state index in [0.29, 0.717) is 25.7 Å². The zero-order chi connectivity index (χ0) is 13.2. The van der Waals surface area contributed by atoms with Crippen LogP contribution in [0.1, 0.15) is 6.42 Å². The first kappa shape index (κ1) is 12.3. The van der Waals surface area contributed by atoms with Crippen molar-refractivity contribution in [1.29, 1.82) is 0 Å². The van der Waals surface area contributed by atoms with Crippen LogP contribution in [0.5, 0.6) is 0 Å². The predicted molar refractivity (Wildman–Crippen MR) is 71.6 cm³/mol. The first-order valence-electron chi connectivity index (χ1n) is 6.00. The van der Waals surface area contributed by atoms with Crippen molar-refractivity contribution in [3.8, 4) is 0 Å². The molecular weight excluding hydrogens is 266 g/mol. The smallest absolute Gasteiger partial charge is 0.305 e. The number of aliphatic carboxylic acids is 1. The van der Waals surface area contributed by atoms with Crippen LogP contribution in [0.4, 0.5) is 5.95 Å². The number of aromatic nitrogens is 2. The fraction of sp³-hybridized carbons (Fsp3) is 0.417. The SMILES string of the molecule is O=C(O)CC1COCCN1c1ncc2ccsc2n1. The van der Waals surface area contributed by atoms with Gasteiger partial charge in [0, 0.05) is 18.1 Å². The van der Waals surface area contributed by atoms with Crippen molar-refractivity contribution in [3.63, 3.8) is 0 Å². The molecule has 0 spiro atoms. The number of carbonyl (C=O) groups is 1. The first-order valence-corrected chi connectivity index (χ1v) is 6.88. The van der Waals surface area contributed by atoms with Gasteiger partial charge in [-0.3, -0.25) is 4.79 Å². The zero-order valence-electron chi connectivity index (χ0n) is 10.2. The van der Waals surface area contributed by atoms with E-state index in [9.17, 15) is 4.79 Å². The number of hydrogen-bond donors (Lipinski definition) is 1. The maximum absolute atomic E-state index is 10.9. The van der Waals surface area contributed by atoms with Gasteiger partial charge in [0.05, 0.1) is 25.7 Å². The second-order valence-electron chi connectivity index (χ2n) is 4.37. The third-order valence-electron chi connectivity index (χ3n) is 3.09. The molecule has 19 heavy (non-hydrogen) atoms. The lowest BCUT2D eigenvalue weighted by atomic mass is 10.1. The Hall–Kier alpha value is -1.73. The van der Waals surface area contributed by atoms with E-state index < -0.39 is 5.97 Å². The molecule has 0 bridgehead atoms. The minimum Gasteiger partial charge on any atom is -0.481 e. The Morgan fingerprint density at radius 1 is 1.63 bits per heavy atom. The Morgan fingerprint density at radius 3 is 3.37 bits per heavy atom. The Balaban J connectivity index is 1.90. The molecule has 0 aliphatic carbocycles. The van der Waals surface area contributed by atoms with Crippen LogP contribution in [0.15, 0.2) is 17.6 Å². The van der Waals surface area contributed by atoms with Crippen LogP contribution < -0.4 is 4.90 Å². The maximum Gasteiger partial charge on any atom is 0.305 e. The Morgan fingerprint density at radius 2 is 2.53 bits per heavy atom. The molecule has 1 aliphatic rings. The lowest BCUT2D eigenvalue weighted by Crippen LogP contribution is -2.47. The van der Waals surface area contributed by atoms with Gasteiger partial charge < -0.3 is 14.7 Å². The molecule has 2 aromatic rings. The van der Waals surface area contributed by atoms with Crippen LogP contribution in [0.3, 0.4) is 0 Å². The largest absolute Gasteiger partial charge is 0.481 e. The summed E-state index contributed by atoms with van der Waals surface area (Å²) in [5, 5.41) is 11.9. The molecule has 1 aliphatic heterocycles. The molecule has 1 fully saturated rings. The number of fused-ring (bicyclic) bond motifs is 1. The van der Waals surface area contributed by atoms with Gasteiger partial charge in [-0.15, -0.1) is 11.3 Å². The number of carboxylic acids is 1. The van der Waals surface area contributed by atoms with Gasteiger partial charge in [0.2, 0.25) is 5.95 Å². The Bertz CT molecular complexity index is 601. The van der Waals surface area contributed by atoms with Crippen LogP contribution in [0.2, 0.25) is 0 Å². The van der Waals surface area contributed by atoms with Crippen LogP contribution in [-0.2, 0) is 9.53 Å². The predicted octanol–water partition coefficient (Wildman–Crippen LogP) is 1.37. The number of ether oxygens (including phenoxy) is 1. The number of carboxylic acid groups (broad SMARTS) is 1. The quantitative estimate of drug-likeness (QED) is 0.914. The van der Waals surface area contributed by atoms with E-state index in [4.69, 9.17) is 9.84 Å². The van der Waals surface area contributed by atoms with Crippen molar-refractivity contribution in [3.05, 3.63) is 17.6 Å². The van der Waals surface area contributed by atoms with E-state index in [2.05, 4.69) is 9.97 Å². The normalized spacial score (nSPS) is 19.8. The van der Waals surface area contributed by atoms with E-state index in [-0.39, 0.29) is 12.5 Å². The number of rotatable bonds is 3. The number of anilines is 1.